The molecule has 2 aliphatic rings. The molecule has 2 aromatic rings. The summed E-state index contributed by atoms with van der Waals surface area (Å²) >= 11 is 0. The Morgan fingerprint density at radius 1 is 1.19 bits per heavy atom. The number of hydrogen-bond acceptors (Lipinski definition) is 6. The quantitative estimate of drug-likeness (QED) is 0.746. The minimum Gasteiger partial charge on any atom is -0.375 e. The molecule has 0 bridgehead atoms. The summed E-state index contributed by atoms with van der Waals surface area (Å²) in [7, 11) is 0. The van der Waals surface area contributed by atoms with E-state index < -0.39 is 0 Å². The van der Waals surface area contributed by atoms with Crippen LogP contribution in [0.1, 0.15) is 68.6 Å². The van der Waals surface area contributed by atoms with E-state index in [4.69, 9.17) is 14.7 Å². The Bertz CT molecular complexity index is 944. The summed E-state index contributed by atoms with van der Waals surface area (Å²) in [5.41, 5.74) is 3.67. The van der Waals surface area contributed by atoms with Crippen molar-refractivity contribution in [1.82, 2.24) is 14.9 Å². The number of morpholine rings is 1. The smallest absolute Gasteiger partial charge is 0.273 e. The molecule has 1 fully saturated rings. The number of fused-ring (bicyclic) bond motifs is 1. The normalized spacial score (nSPS) is 19.7. The van der Waals surface area contributed by atoms with Gasteiger partial charge in [-0.1, -0.05) is 26.0 Å². The monoisotopic (exact) mass is 423 g/mol. The number of carbonyl (C=O) groups excluding carboxylic acids is 1. The molecule has 166 valence electrons. The lowest BCUT2D eigenvalue weighted by Gasteiger charge is -2.31. The van der Waals surface area contributed by atoms with Gasteiger partial charge < -0.3 is 19.9 Å². The maximum absolute atomic E-state index is 13.1. The highest BCUT2D eigenvalue weighted by Crippen LogP contribution is 2.32. The lowest BCUT2D eigenvalue weighted by atomic mass is 9.99. The van der Waals surface area contributed by atoms with Crippen LogP contribution < -0.4 is 10.2 Å². The van der Waals surface area contributed by atoms with Crippen LogP contribution in [0, 0.1) is 0 Å². The molecule has 2 aliphatic heterocycles. The van der Waals surface area contributed by atoms with Crippen LogP contribution in [-0.4, -0.2) is 52.6 Å². The van der Waals surface area contributed by atoms with Gasteiger partial charge in [-0.25, -0.2) is 4.98 Å². The number of aromatic nitrogens is 2. The van der Waals surface area contributed by atoms with E-state index in [2.05, 4.69) is 48.3 Å². The molecule has 1 aromatic heterocycles. The van der Waals surface area contributed by atoms with Crippen LogP contribution in [0.15, 0.2) is 24.3 Å². The van der Waals surface area contributed by atoms with Crippen LogP contribution in [0.5, 0.6) is 0 Å². The fourth-order valence-corrected chi connectivity index (χ4v) is 4.11. The van der Waals surface area contributed by atoms with Crippen LogP contribution in [0.25, 0.3) is 0 Å². The molecule has 1 saturated heterocycles. The number of rotatable bonds is 6. The maximum atomic E-state index is 13.1. The molecule has 7 nitrogen and oxygen atoms in total. The van der Waals surface area contributed by atoms with Crippen molar-refractivity contribution in [2.24, 2.45) is 0 Å². The number of benzene rings is 1. The van der Waals surface area contributed by atoms with Gasteiger partial charge in [0.25, 0.3) is 5.91 Å². The predicted octanol–water partition coefficient (Wildman–Crippen LogP) is 4.32. The highest BCUT2D eigenvalue weighted by molar-refractivity contribution is 5.98. The van der Waals surface area contributed by atoms with Crippen molar-refractivity contribution in [3.05, 3.63) is 41.1 Å². The van der Waals surface area contributed by atoms with Crippen LogP contribution in [0.3, 0.4) is 0 Å². The number of nitrogens with one attached hydrogen (secondary N) is 1. The molecule has 31 heavy (non-hydrogen) atoms. The van der Waals surface area contributed by atoms with Gasteiger partial charge in [-0.2, -0.15) is 4.98 Å². The second kappa shape index (κ2) is 8.83. The number of nitrogens with zero attached hydrogens (tertiary/aromatic N) is 4. The summed E-state index contributed by atoms with van der Waals surface area (Å²) in [6, 6.07) is 8.60. The zero-order chi connectivity index (χ0) is 22.1. The Morgan fingerprint density at radius 2 is 1.94 bits per heavy atom. The number of carbonyl (C=O) groups is 1. The number of amides is 1. The Labute approximate surface area is 184 Å². The van der Waals surface area contributed by atoms with Crippen molar-refractivity contribution in [1.29, 1.82) is 0 Å². The number of ether oxygens (including phenoxy) is 1. The van der Waals surface area contributed by atoms with E-state index in [1.54, 1.807) is 0 Å². The van der Waals surface area contributed by atoms with E-state index in [0.717, 1.165) is 17.7 Å². The third kappa shape index (κ3) is 4.37. The van der Waals surface area contributed by atoms with Crippen molar-refractivity contribution in [3.8, 4) is 0 Å². The third-order valence-electron chi connectivity index (χ3n) is 6.29. The molecule has 7 heteroatoms. The molecule has 0 aliphatic carbocycles. The van der Waals surface area contributed by atoms with Crippen LogP contribution in [-0.2, 0) is 11.3 Å². The molecule has 4 rings (SSSR count). The fraction of sp³-hybridized carbons (Fsp3) is 0.542. The minimum absolute atomic E-state index is 0.0230. The number of hydrogen-bond donors (Lipinski definition) is 1. The molecule has 3 heterocycles. The minimum atomic E-state index is -0.0230. The van der Waals surface area contributed by atoms with E-state index in [9.17, 15) is 4.79 Å². The van der Waals surface area contributed by atoms with Gasteiger partial charge >= 0.3 is 0 Å². The molecule has 1 amide bonds. The molecular formula is C24H33N5O2. The number of anilines is 3. The van der Waals surface area contributed by atoms with Gasteiger partial charge in [0.1, 0.15) is 11.5 Å². The molecule has 0 saturated carbocycles. The molecule has 1 unspecified atom stereocenters. The largest absolute Gasteiger partial charge is 0.375 e. The van der Waals surface area contributed by atoms with E-state index in [-0.39, 0.29) is 18.1 Å². The van der Waals surface area contributed by atoms with Gasteiger partial charge in [-0.15, -0.1) is 0 Å². The highest BCUT2D eigenvalue weighted by atomic mass is 16.5. The van der Waals surface area contributed by atoms with Crippen molar-refractivity contribution in [2.75, 3.05) is 29.9 Å². The maximum Gasteiger partial charge on any atom is 0.273 e. The van der Waals surface area contributed by atoms with Crippen molar-refractivity contribution < 1.29 is 9.53 Å². The first kappa shape index (κ1) is 21.6. The van der Waals surface area contributed by atoms with Gasteiger partial charge in [0, 0.05) is 30.4 Å². The van der Waals surface area contributed by atoms with Crippen LogP contribution in [0.4, 0.5) is 17.5 Å². The second-order valence-electron chi connectivity index (χ2n) is 8.91. The van der Waals surface area contributed by atoms with Crippen molar-refractivity contribution in [3.63, 3.8) is 0 Å². The van der Waals surface area contributed by atoms with Crippen molar-refractivity contribution in [2.45, 2.75) is 65.6 Å². The topological polar surface area (TPSA) is 70.6 Å². The van der Waals surface area contributed by atoms with E-state index in [0.29, 0.717) is 49.6 Å². The standard InChI is InChI=1S/C24H33N5O2/c1-6-16(4)18-7-9-19(10-8-18)25-22-20-14-29(15(2)3)23(30)21(20)26-24(27-22)28-11-12-31-17(5)13-28/h7-10,15-17H,6,11-14H2,1-5H3,(H,25,26,27)/t16?,17-/m1/s1. The van der Waals surface area contributed by atoms with Gasteiger partial charge in [0.15, 0.2) is 0 Å². The second-order valence-corrected chi connectivity index (χ2v) is 8.91. The summed E-state index contributed by atoms with van der Waals surface area (Å²) in [5, 5.41) is 3.47. The van der Waals surface area contributed by atoms with Crippen LogP contribution in [0.2, 0.25) is 0 Å². The summed E-state index contributed by atoms with van der Waals surface area (Å²) in [6.07, 6.45) is 1.22. The Balaban J connectivity index is 1.69. The predicted molar refractivity (Wildman–Crippen MR) is 123 cm³/mol. The third-order valence-corrected chi connectivity index (χ3v) is 6.29. The van der Waals surface area contributed by atoms with Gasteiger partial charge in [-0.3, -0.25) is 4.79 Å². The zero-order valence-corrected chi connectivity index (χ0v) is 19.2. The average molecular weight is 424 g/mol. The molecular weight excluding hydrogens is 390 g/mol. The summed E-state index contributed by atoms with van der Waals surface area (Å²) in [6.45, 7) is 13.1. The van der Waals surface area contributed by atoms with Crippen molar-refractivity contribution >= 4 is 23.4 Å². The molecule has 1 aromatic carbocycles. The molecule has 0 radical (unpaired) electrons. The Morgan fingerprint density at radius 3 is 2.58 bits per heavy atom. The fourth-order valence-electron chi connectivity index (χ4n) is 4.11. The first-order valence-electron chi connectivity index (χ1n) is 11.3. The Kier molecular flexibility index (Phi) is 6.14. The van der Waals surface area contributed by atoms with Gasteiger partial charge in [0.05, 0.1) is 19.3 Å². The molecule has 1 N–H and O–H groups in total. The van der Waals surface area contributed by atoms with Crippen LogP contribution >= 0.6 is 0 Å². The lowest BCUT2D eigenvalue weighted by Crippen LogP contribution is -2.42. The SMILES string of the molecule is CCC(C)c1ccc(Nc2nc(N3CCO[C@H](C)C3)nc3c2CN(C(C)C)C3=O)cc1. The van der Waals surface area contributed by atoms with Gasteiger partial charge in [-0.05, 0) is 50.8 Å². The summed E-state index contributed by atoms with van der Waals surface area (Å²) < 4.78 is 5.67. The van der Waals surface area contributed by atoms with E-state index in [1.807, 2.05) is 25.7 Å². The van der Waals surface area contributed by atoms with Gasteiger partial charge in [0.2, 0.25) is 5.95 Å². The first-order chi connectivity index (χ1) is 14.9. The van der Waals surface area contributed by atoms with E-state index >= 15 is 0 Å². The summed E-state index contributed by atoms with van der Waals surface area (Å²) in [4.78, 5) is 26.6. The molecule has 0 spiro atoms. The first-order valence-corrected chi connectivity index (χ1v) is 11.3. The average Bonchev–Trinajstić information content (AvgIpc) is 3.11. The Hall–Kier alpha value is -2.67. The molecule has 2 atom stereocenters. The summed E-state index contributed by atoms with van der Waals surface area (Å²) in [5.74, 6) is 1.81. The highest BCUT2D eigenvalue weighted by Gasteiger charge is 2.35. The van der Waals surface area contributed by atoms with E-state index in [1.165, 1.54) is 5.56 Å². The zero-order valence-electron chi connectivity index (χ0n) is 19.2. The lowest BCUT2D eigenvalue weighted by molar-refractivity contribution is 0.0526.